The lowest BCUT2D eigenvalue weighted by Gasteiger charge is -2.27. The van der Waals surface area contributed by atoms with Crippen molar-refractivity contribution in [3.63, 3.8) is 0 Å². The van der Waals surface area contributed by atoms with Crippen LogP contribution in [0, 0.1) is 10.1 Å². The van der Waals surface area contributed by atoms with Gasteiger partial charge >= 0.3 is 6.18 Å². The highest BCUT2D eigenvalue weighted by Crippen LogP contribution is 2.27. The van der Waals surface area contributed by atoms with Gasteiger partial charge in [-0.2, -0.15) is 13.2 Å². The van der Waals surface area contributed by atoms with Gasteiger partial charge in [0.2, 0.25) is 0 Å². The Labute approximate surface area is 127 Å². The van der Waals surface area contributed by atoms with Crippen LogP contribution in [-0.4, -0.2) is 34.5 Å². The smallest absolute Gasteiger partial charge is 0.327 e. The normalized spacial score (nSPS) is 11.6. The number of nitrogens with zero attached hydrogens (tertiary/aromatic N) is 2. The molecule has 0 N–H and O–H groups in total. The number of alkyl halides is 3. The molecule has 1 rings (SSSR count). The highest BCUT2D eigenvalue weighted by molar-refractivity contribution is 9.10. The van der Waals surface area contributed by atoms with Gasteiger partial charge in [-0.05, 0) is 41.9 Å². The number of rotatable bonds is 4. The molecule has 0 bridgehead atoms. The van der Waals surface area contributed by atoms with Gasteiger partial charge in [-0.3, -0.25) is 14.9 Å². The first-order chi connectivity index (χ1) is 9.53. The van der Waals surface area contributed by atoms with Crippen molar-refractivity contribution < 1.29 is 22.9 Å². The van der Waals surface area contributed by atoms with Crippen molar-refractivity contribution in [2.45, 2.75) is 26.1 Å². The molecule has 21 heavy (non-hydrogen) atoms. The zero-order chi connectivity index (χ0) is 16.4. The first-order valence-electron chi connectivity index (χ1n) is 5.84. The topological polar surface area (TPSA) is 63.5 Å². The van der Waals surface area contributed by atoms with E-state index in [2.05, 4.69) is 15.9 Å². The largest absolute Gasteiger partial charge is 0.406 e. The Hall–Kier alpha value is -1.64. The minimum absolute atomic E-state index is 0.149. The molecule has 116 valence electrons. The zero-order valence-electron chi connectivity index (χ0n) is 11.1. The molecule has 0 aliphatic carbocycles. The van der Waals surface area contributed by atoms with Gasteiger partial charge in [0, 0.05) is 17.7 Å². The second kappa shape index (κ2) is 6.42. The quantitative estimate of drug-likeness (QED) is 0.600. The molecule has 0 saturated heterocycles. The fourth-order valence-corrected chi connectivity index (χ4v) is 2.02. The lowest BCUT2D eigenvalue weighted by Crippen LogP contribution is -2.43. The Balaban J connectivity index is 3.16. The predicted molar refractivity (Wildman–Crippen MR) is 73.0 cm³/mol. The molecule has 5 nitrogen and oxygen atoms in total. The number of benzene rings is 1. The Kier molecular flexibility index (Phi) is 5.32. The number of halogens is 4. The van der Waals surface area contributed by atoms with E-state index in [9.17, 15) is 28.1 Å². The Bertz CT molecular complexity index is 561. The van der Waals surface area contributed by atoms with Crippen LogP contribution in [0.3, 0.4) is 0 Å². The predicted octanol–water partition coefficient (Wildman–Crippen LogP) is 3.77. The molecule has 9 heteroatoms. The molecule has 0 heterocycles. The van der Waals surface area contributed by atoms with E-state index in [-0.39, 0.29) is 15.7 Å². The van der Waals surface area contributed by atoms with Crippen molar-refractivity contribution in [1.29, 1.82) is 0 Å². The number of hydrogen-bond acceptors (Lipinski definition) is 3. The maximum absolute atomic E-state index is 12.5. The summed E-state index contributed by atoms with van der Waals surface area (Å²) >= 11 is 2.95. The molecule has 0 fully saturated rings. The average molecular weight is 369 g/mol. The van der Waals surface area contributed by atoms with Crippen LogP contribution in [0.2, 0.25) is 0 Å². The van der Waals surface area contributed by atoms with Gasteiger partial charge in [0.15, 0.2) is 0 Å². The van der Waals surface area contributed by atoms with Crippen molar-refractivity contribution in [2.24, 2.45) is 0 Å². The standard InChI is InChI=1S/C12H12BrF3N2O3/c1-7(2)17(6-12(14,15)16)11(19)8-3-4-9(13)10(5-8)18(20)21/h3-5,7H,6H2,1-2H3. The number of nitro benzene ring substituents is 1. The second-order valence-corrected chi connectivity index (χ2v) is 5.42. The van der Waals surface area contributed by atoms with Crippen molar-refractivity contribution in [1.82, 2.24) is 4.90 Å². The fraction of sp³-hybridized carbons (Fsp3) is 0.417. The van der Waals surface area contributed by atoms with Crippen LogP contribution >= 0.6 is 15.9 Å². The van der Waals surface area contributed by atoms with Crippen LogP contribution in [0.4, 0.5) is 18.9 Å². The summed E-state index contributed by atoms with van der Waals surface area (Å²) in [4.78, 5) is 22.8. The van der Waals surface area contributed by atoms with Gasteiger partial charge in [0.05, 0.1) is 9.40 Å². The SMILES string of the molecule is CC(C)N(CC(F)(F)F)C(=O)c1ccc(Br)c([N+](=O)[O-])c1. The van der Waals surface area contributed by atoms with Crippen molar-refractivity contribution in [3.8, 4) is 0 Å². The van der Waals surface area contributed by atoms with Crippen LogP contribution in [-0.2, 0) is 0 Å². The number of carbonyl (C=O) groups is 1. The third kappa shape index (κ3) is 4.69. The molecule has 0 aliphatic heterocycles. The highest BCUT2D eigenvalue weighted by atomic mass is 79.9. The van der Waals surface area contributed by atoms with E-state index in [1.165, 1.54) is 26.0 Å². The van der Waals surface area contributed by atoms with Gasteiger partial charge in [0.25, 0.3) is 11.6 Å². The van der Waals surface area contributed by atoms with Crippen LogP contribution in [0.1, 0.15) is 24.2 Å². The summed E-state index contributed by atoms with van der Waals surface area (Å²) in [5, 5.41) is 10.8. The lowest BCUT2D eigenvalue weighted by atomic mass is 10.1. The van der Waals surface area contributed by atoms with Crippen LogP contribution in [0.25, 0.3) is 0 Å². The van der Waals surface area contributed by atoms with E-state index in [0.29, 0.717) is 4.90 Å². The molecular weight excluding hydrogens is 357 g/mol. The monoisotopic (exact) mass is 368 g/mol. The summed E-state index contributed by atoms with van der Waals surface area (Å²) < 4.78 is 37.7. The number of carbonyl (C=O) groups excluding carboxylic acids is 1. The average Bonchev–Trinajstić information content (AvgIpc) is 2.34. The van der Waals surface area contributed by atoms with E-state index in [4.69, 9.17) is 0 Å². The second-order valence-electron chi connectivity index (χ2n) is 4.57. The molecule has 0 spiro atoms. The number of amides is 1. The molecule has 1 aromatic carbocycles. The molecule has 0 saturated carbocycles. The molecule has 0 aliphatic rings. The van der Waals surface area contributed by atoms with Gasteiger partial charge in [-0.1, -0.05) is 0 Å². The van der Waals surface area contributed by atoms with Crippen molar-refractivity contribution >= 4 is 27.5 Å². The lowest BCUT2D eigenvalue weighted by molar-refractivity contribution is -0.385. The minimum atomic E-state index is -4.54. The first-order valence-corrected chi connectivity index (χ1v) is 6.64. The van der Waals surface area contributed by atoms with Gasteiger partial charge in [-0.25, -0.2) is 0 Å². The van der Waals surface area contributed by atoms with Gasteiger partial charge in [-0.15, -0.1) is 0 Å². The van der Waals surface area contributed by atoms with E-state index in [0.717, 1.165) is 6.07 Å². The maximum Gasteiger partial charge on any atom is 0.406 e. The molecule has 0 atom stereocenters. The molecule has 0 unspecified atom stereocenters. The summed E-state index contributed by atoms with van der Waals surface area (Å²) in [5.41, 5.74) is -0.542. The maximum atomic E-state index is 12.5. The van der Waals surface area contributed by atoms with E-state index >= 15 is 0 Å². The summed E-state index contributed by atoms with van der Waals surface area (Å²) in [6.45, 7) is 1.47. The van der Waals surface area contributed by atoms with Crippen LogP contribution in [0.5, 0.6) is 0 Å². The fourth-order valence-electron chi connectivity index (χ4n) is 1.63. The van der Waals surface area contributed by atoms with Gasteiger partial charge < -0.3 is 4.90 Å². The minimum Gasteiger partial charge on any atom is -0.327 e. The van der Waals surface area contributed by atoms with E-state index in [1.54, 1.807) is 0 Å². The molecule has 0 aromatic heterocycles. The summed E-state index contributed by atoms with van der Waals surface area (Å²) in [7, 11) is 0. The van der Waals surface area contributed by atoms with Crippen LogP contribution < -0.4 is 0 Å². The Morgan fingerprint density at radius 3 is 2.43 bits per heavy atom. The summed E-state index contributed by atoms with van der Waals surface area (Å²) in [6.07, 6.45) is -4.54. The summed E-state index contributed by atoms with van der Waals surface area (Å²) in [5.74, 6) is -0.905. The Morgan fingerprint density at radius 2 is 2.00 bits per heavy atom. The van der Waals surface area contributed by atoms with Crippen molar-refractivity contribution in [3.05, 3.63) is 38.3 Å². The van der Waals surface area contributed by atoms with E-state index < -0.39 is 29.6 Å². The zero-order valence-corrected chi connectivity index (χ0v) is 12.7. The number of nitro groups is 1. The Morgan fingerprint density at radius 1 is 1.43 bits per heavy atom. The highest BCUT2D eigenvalue weighted by Gasteiger charge is 2.35. The van der Waals surface area contributed by atoms with E-state index in [1.807, 2.05) is 0 Å². The summed E-state index contributed by atoms with van der Waals surface area (Å²) in [6, 6.07) is 2.77. The van der Waals surface area contributed by atoms with Crippen LogP contribution in [0.15, 0.2) is 22.7 Å². The molecule has 0 radical (unpaired) electrons. The van der Waals surface area contributed by atoms with Gasteiger partial charge in [0.1, 0.15) is 6.54 Å². The third-order valence-corrected chi connectivity index (χ3v) is 3.29. The van der Waals surface area contributed by atoms with Crippen molar-refractivity contribution in [2.75, 3.05) is 6.54 Å². The molecular formula is C12H12BrF3N2O3. The third-order valence-electron chi connectivity index (χ3n) is 2.62. The molecule has 1 aromatic rings. The molecule has 1 amide bonds. The number of hydrogen-bond donors (Lipinski definition) is 0. The first kappa shape index (κ1) is 17.4.